The minimum absolute atomic E-state index is 0.0929. The molecule has 1 unspecified atom stereocenters. The van der Waals surface area contributed by atoms with Crippen molar-refractivity contribution < 1.29 is 14.6 Å². The number of hydrogen-bond acceptors (Lipinski definition) is 4. The second-order valence-corrected chi connectivity index (χ2v) is 6.57. The number of aliphatic hydroxyl groups excluding tert-OH is 1. The minimum Gasteiger partial charge on any atom is -0.486 e. The van der Waals surface area contributed by atoms with Crippen molar-refractivity contribution in [3.8, 4) is 11.5 Å². The van der Waals surface area contributed by atoms with Crippen LogP contribution in [0.1, 0.15) is 35.6 Å². The average molecular weight is 325 g/mol. The predicted molar refractivity (Wildman–Crippen MR) is 92.1 cm³/mol. The molecule has 0 aromatic heterocycles. The molecule has 0 amide bonds. The fraction of sp³-hybridized carbons (Fsp3) is 0.400. The highest BCUT2D eigenvalue weighted by Crippen LogP contribution is 2.43. The number of hydrogen-bond donors (Lipinski definition) is 2. The Morgan fingerprint density at radius 1 is 0.958 bits per heavy atom. The molecule has 0 radical (unpaired) electrons. The third kappa shape index (κ3) is 3.40. The standard InChI is InChI=1S/C20H23NO3/c22-13-15-3-1-14(2-4-15)12-21-20(16-5-6-16)17-7-8-18-19(11-17)24-10-9-23-18/h1-4,7-8,11,16,20-22H,5-6,9-10,12-13H2. The number of rotatable bonds is 6. The molecule has 4 rings (SSSR count). The van der Waals surface area contributed by atoms with Crippen molar-refractivity contribution in [1.29, 1.82) is 0 Å². The van der Waals surface area contributed by atoms with Crippen LogP contribution in [-0.4, -0.2) is 18.3 Å². The highest BCUT2D eigenvalue weighted by atomic mass is 16.6. The van der Waals surface area contributed by atoms with Crippen molar-refractivity contribution >= 4 is 0 Å². The van der Waals surface area contributed by atoms with E-state index in [2.05, 4.69) is 29.6 Å². The summed E-state index contributed by atoms with van der Waals surface area (Å²) in [6.07, 6.45) is 2.55. The van der Waals surface area contributed by atoms with Crippen molar-refractivity contribution in [3.05, 3.63) is 59.2 Å². The quantitative estimate of drug-likeness (QED) is 0.856. The lowest BCUT2D eigenvalue weighted by atomic mass is 10.0. The smallest absolute Gasteiger partial charge is 0.161 e. The first kappa shape index (κ1) is 15.5. The maximum atomic E-state index is 9.14. The van der Waals surface area contributed by atoms with E-state index in [4.69, 9.17) is 14.6 Å². The lowest BCUT2D eigenvalue weighted by molar-refractivity contribution is 0.171. The largest absolute Gasteiger partial charge is 0.486 e. The van der Waals surface area contributed by atoms with Crippen LogP contribution >= 0.6 is 0 Å². The monoisotopic (exact) mass is 325 g/mol. The van der Waals surface area contributed by atoms with Gasteiger partial charge in [-0.25, -0.2) is 0 Å². The molecule has 0 saturated heterocycles. The zero-order chi connectivity index (χ0) is 16.4. The van der Waals surface area contributed by atoms with Crippen molar-refractivity contribution in [1.82, 2.24) is 5.32 Å². The summed E-state index contributed by atoms with van der Waals surface area (Å²) in [5.74, 6) is 2.40. The van der Waals surface area contributed by atoms with Gasteiger partial charge in [0.15, 0.2) is 11.5 Å². The Morgan fingerprint density at radius 2 is 1.67 bits per heavy atom. The van der Waals surface area contributed by atoms with Gasteiger partial charge in [-0.05, 0) is 47.6 Å². The lowest BCUT2D eigenvalue weighted by Gasteiger charge is -2.23. The first-order valence-corrected chi connectivity index (χ1v) is 8.65. The van der Waals surface area contributed by atoms with Crippen LogP contribution in [0, 0.1) is 5.92 Å². The molecule has 2 aromatic carbocycles. The molecule has 24 heavy (non-hydrogen) atoms. The van der Waals surface area contributed by atoms with Crippen LogP contribution in [0.2, 0.25) is 0 Å². The van der Waals surface area contributed by atoms with E-state index in [9.17, 15) is 0 Å². The van der Waals surface area contributed by atoms with Gasteiger partial charge in [0.25, 0.3) is 0 Å². The van der Waals surface area contributed by atoms with Gasteiger partial charge in [0.2, 0.25) is 0 Å². The minimum atomic E-state index is 0.0929. The van der Waals surface area contributed by atoms with Crippen LogP contribution < -0.4 is 14.8 Å². The van der Waals surface area contributed by atoms with Crippen LogP contribution in [-0.2, 0) is 13.2 Å². The summed E-state index contributed by atoms with van der Waals surface area (Å²) in [5.41, 5.74) is 3.45. The number of benzene rings is 2. The zero-order valence-corrected chi connectivity index (χ0v) is 13.7. The molecule has 1 fully saturated rings. The van der Waals surface area contributed by atoms with Crippen molar-refractivity contribution in [3.63, 3.8) is 0 Å². The fourth-order valence-corrected chi connectivity index (χ4v) is 3.23. The second-order valence-electron chi connectivity index (χ2n) is 6.57. The topological polar surface area (TPSA) is 50.7 Å². The van der Waals surface area contributed by atoms with Gasteiger partial charge >= 0.3 is 0 Å². The number of aliphatic hydroxyl groups is 1. The highest BCUT2D eigenvalue weighted by molar-refractivity contribution is 5.45. The Labute approximate surface area is 142 Å². The van der Waals surface area contributed by atoms with Gasteiger partial charge in [-0.15, -0.1) is 0 Å². The first-order chi connectivity index (χ1) is 11.8. The van der Waals surface area contributed by atoms with Gasteiger partial charge in [-0.3, -0.25) is 0 Å². The van der Waals surface area contributed by atoms with Gasteiger partial charge in [-0.1, -0.05) is 30.3 Å². The van der Waals surface area contributed by atoms with E-state index < -0.39 is 0 Å². The summed E-state index contributed by atoms with van der Waals surface area (Å²) in [4.78, 5) is 0. The molecule has 2 aromatic rings. The van der Waals surface area contributed by atoms with E-state index in [1.807, 2.05) is 18.2 Å². The van der Waals surface area contributed by atoms with Crippen molar-refractivity contribution in [2.45, 2.75) is 32.0 Å². The van der Waals surface area contributed by atoms with Gasteiger partial charge in [0.1, 0.15) is 13.2 Å². The van der Waals surface area contributed by atoms with E-state index in [-0.39, 0.29) is 6.61 Å². The molecule has 4 heteroatoms. The summed E-state index contributed by atoms with van der Waals surface area (Å²) in [7, 11) is 0. The fourth-order valence-electron chi connectivity index (χ4n) is 3.23. The Hall–Kier alpha value is -2.04. The Balaban J connectivity index is 1.48. The zero-order valence-electron chi connectivity index (χ0n) is 13.7. The van der Waals surface area contributed by atoms with Crippen molar-refractivity contribution in [2.75, 3.05) is 13.2 Å². The molecule has 1 saturated carbocycles. The molecule has 2 N–H and O–H groups in total. The average Bonchev–Trinajstić information content (AvgIpc) is 3.47. The van der Waals surface area contributed by atoms with Gasteiger partial charge in [0.05, 0.1) is 6.61 Å². The van der Waals surface area contributed by atoms with Crippen LogP contribution in [0.4, 0.5) is 0 Å². The predicted octanol–water partition coefficient (Wildman–Crippen LogP) is 3.19. The van der Waals surface area contributed by atoms with Crippen LogP contribution in [0.25, 0.3) is 0 Å². The third-order valence-corrected chi connectivity index (χ3v) is 4.75. The Morgan fingerprint density at radius 3 is 2.38 bits per heavy atom. The number of ether oxygens (including phenoxy) is 2. The molecule has 0 bridgehead atoms. The molecule has 1 heterocycles. The van der Waals surface area contributed by atoms with Gasteiger partial charge in [-0.2, -0.15) is 0 Å². The van der Waals surface area contributed by atoms with Crippen LogP contribution in [0.5, 0.6) is 11.5 Å². The Kier molecular flexibility index (Phi) is 4.41. The van der Waals surface area contributed by atoms with E-state index in [1.165, 1.54) is 24.0 Å². The van der Waals surface area contributed by atoms with E-state index in [1.54, 1.807) is 0 Å². The summed E-state index contributed by atoms with van der Waals surface area (Å²) in [6, 6.07) is 14.8. The first-order valence-electron chi connectivity index (χ1n) is 8.65. The molecule has 1 aliphatic carbocycles. The van der Waals surface area contributed by atoms with Crippen LogP contribution in [0.3, 0.4) is 0 Å². The SMILES string of the molecule is OCc1ccc(CNC(c2ccc3c(c2)OCCO3)C2CC2)cc1. The van der Waals surface area contributed by atoms with Gasteiger partial charge < -0.3 is 19.9 Å². The maximum Gasteiger partial charge on any atom is 0.161 e. The lowest BCUT2D eigenvalue weighted by Crippen LogP contribution is -2.23. The number of fused-ring (bicyclic) bond motifs is 1. The summed E-state index contributed by atoms with van der Waals surface area (Å²) < 4.78 is 11.3. The molecule has 126 valence electrons. The van der Waals surface area contributed by atoms with E-state index >= 15 is 0 Å². The molecular formula is C20H23NO3. The Bertz CT molecular complexity index is 695. The summed E-state index contributed by atoms with van der Waals surface area (Å²) in [6.45, 7) is 2.16. The van der Waals surface area contributed by atoms with E-state index in [0.29, 0.717) is 25.2 Å². The summed E-state index contributed by atoms with van der Waals surface area (Å²) >= 11 is 0. The highest BCUT2D eigenvalue weighted by Gasteiger charge is 2.32. The van der Waals surface area contributed by atoms with Crippen LogP contribution in [0.15, 0.2) is 42.5 Å². The normalized spacial score (nSPS) is 17.5. The molecule has 1 aliphatic heterocycles. The van der Waals surface area contributed by atoms with E-state index in [0.717, 1.165) is 23.6 Å². The second kappa shape index (κ2) is 6.83. The molecular weight excluding hydrogens is 302 g/mol. The summed E-state index contributed by atoms with van der Waals surface area (Å²) in [5, 5.41) is 12.8. The number of nitrogens with one attached hydrogen (secondary N) is 1. The third-order valence-electron chi connectivity index (χ3n) is 4.75. The van der Waals surface area contributed by atoms with Crippen molar-refractivity contribution in [2.24, 2.45) is 5.92 Å². The molecule has 2 aliphatic rings. The maximum absolute atomic E-state index is 9.14. The molecule has 1 atom stereocenters. The van der Waals surface area contributed by atoms with Gasteiger partial charge in [0, 0.05) is 12.6 Å². The molecule has 0 spiro atoms. The molecule has 4 nitrogen and oxygen atoms in total.